The van der Waals surface area contributed by atoms with E-state index in [2.05, 4.69) is 104 Å². The van der Waals surface area contributed by atoms with E-state index in [1.54, 1.807) is 6.08 Å². The molecule has 0 aromatic heterocycles. The van der Waals surface area contributed by atoms with Crippen molar-refractivity contribution in [3.8, 4) is 0 Å². The molecule has 0 aromatic carbocycles. The third-order valence-electron chi connectivity index (χ3n) is 9.53. The van der Waals surface area contributed by atoms with Gasteiger partial charge in [0, 0.05) is 6.42 Å². The van der Waals surface area contributed by atoms with Crippen LogP contribution in [-0.2, 0) is 4.79 Å². The maximum absolute atomic E-state index is 12.4. The molecule has 4 heteroatoms. The summed E-state index contributed by atoms with van der Waals surface area (Å²) >= 11 is 0. The molecular formula is C50H85NO3. The monoisotopic (exact) mass is 748 g/mol. The van der Waals surface area contributed by atoms with Crippen molar-refractivity contribution >= 4 is 5.91 Å². The average molecular weight is 748 g/mol. The van der Waals surface area contributed by atoms with E-state index < -0.39 is 12.1 Å². The molecule has 0 saturated carbocycles. The van der Waals surface area contributed by atoms with Crippen molar-refractivity contribution in [1.29, 1.82) is 0 Å². The second-order valence-electron chi connectivity index (χ2n) is 14.7. The van der Waals surface area contributed by atoms with Gasteiger partial charge in [0.15, 0.2) is 0 Å². The van der Waals surface area contributed by atoms with Gasteiger partial charge in [-0.3, -0.25) is 4.79 Å². The minimum absolute atomic E-state index is 0.0894. The summed E-state index contributed by atoms with van der Waals surface area (Å²) in [5.74, 6) is -0.0894. The fraction of sp³-hybridized carbons (Fsp3) is 0.660. The quantitative estimate of drug-likeness (QED) is 0.0433. The fourth-order valence-electron chi connectivity index (χ4n) is 6.12. The van der Waals surface area contributed by atoms with Gasteiger partial charge >= 0.3 is 0 Å². The lowest BCUT2D eigenvalue weighted by atomic mass is 10.1. The first kappa shape index (κ1) is 51.3. The zero-order valence-corrected chi connectivity index (χ0v) is 35.2. The molecule has 0 rings (SSSR count). The van der Waals surface area contributed by atoms with Gasteiger partial charge in [0.05, 0.1) is 18.8 Å². The topological polar surface area (TPSA) is 69.6 Å². The molecule has 0 fully saturated rings. The molecule has 0 aliphatic heterocycles. The Bertz CT molecular complexity index is 1030. The number of carbonyl (C=O) groups excluding carboxylic acids is 1. The summed E-state index contributed by atoms with van der Waals surface area (Å²) in [5, 5.41) is 23.0. The molecule has 3 N–H and O–H groups in total. The second kappa shape index (κ2) is 44.7. The van der Waals surface area contributed by atoms with Crippen LogP contribution in [0.15, 0.2) is 97.2 Å². The lowest BCUT2D eigenvalue weighted by Crippen LogP contribution is -2.45. The van der Waals surface area contributed by atoms with E-state index in [0.29, 0.717) is 6.42 Å². The maximum Gasteiger partial charge on any atom is 0.220 e. The molecule has 308 valence electrons. The number of aliphatic hydroxyl groups is 2. The van der Waals surface area contributed by atoms with Crippen LogP contribution >= 0.6 is 0 Å². The highest BCUT2D eigenvalue weighted by Gasteiger charge is 2.17. The first-order valence-electron chi connectivity index (χ1n) is 22.5. The molecule has 0 aliphatic rings. The van der Waals surface area contributed by atoms with Gasteiger partial charge in [-0.1, -0.05) is 195 Å². The van der Waals surface area contributed by atoms with Crippen LogP contribution in [0.3, 0.4) is 0 Å². The SMILES string of the molecule is CC/C=C\C/C=C\C/C=C\C/C=C\C/C=C\CCCCCCCCCCCC(=O)NC(CO)C(O)/C=C/CC/C=C/CC/C=C/CCCCCCCCC. The Balaban J connectivity index is 3.68. The fourth-order valence-corrected chi connectivity index (χ4v) is 6.12. The molecular weight excluding hydrogens is 663 g/mol. The molecule has 2 unspecified atom stereocenters. The molecule has 0 bridgehead atoms. The van der Waals surface area contributed by atoms with E-state index in [4.69, 9.17) is 0 Å². The highest BCUT2D eigenvalue weighted by molar-refractivity contribution is 5.76. The minimum atomic E-state index is -0.878. The molecule has 4 nitrogen and oxygen atoms in total. The zero-order valence-electron chi connectivity index (χ0n) is 35.2. The number of nitrogens with one attached hydrogen (secondary N) is 1. The zero-order chi connectivity index (χ0) is 39.3. The Morgan fingerprint density at radius 1 is 0.463 bits per heavy atom. The summed E-state index contributed by atoms with van der Waals surface area (Å²) in [6, 6.07) is -0.655. The number of rotatable bonds is 39. The predicted octanol–water partition coefficient (Wildman–Crippen LogP) is 14.2. The normalized spacial score (nSPS) is 13.9. The molecule has 0 radical (unpaired) electrons. The van der Waals surface area contributed by atoms with Crippen LogP contribution in [0.5, 0.6) is 0 Å². The molecule has 1 amide bonds. The van der Waals surface area contributed by atoms with Crippen LogP contribution in [0, 0.1) is 0 Å². The number of hydrogen-bond donors (Lipinski definition) is 3. The molecule has 54 heavy (non-hydrogen) atoms. The molecule has 0 aliphatic carbocycles. The number of unbranched alkanes of at least 4 members (excludes halogenated alkanes) is 18. The average Bonchev–Trinajstić information content (AvgIpc) is 3.18. The van der Waals surface area contributed by atoms with Crippen molar-refractivity contribution in [1.82, 2.24) is 5.32 Å². The van der Waals surface area contributed by atoms with E-state index in [9.17, 15) is 15.0 Å². The molecule has 0 spiro atoms. The van der Waals surface area contributed by atoms with Crippen LogP contribution in [0.1, 0.15) is 194 Å². The van der Waals surface area contributed by atoms with Crippen LogP contribution in [-0.4, -0.2) is 34.9 Å². The largest absolute Gasteiger partial charge is 0.394 e. The number of allylic oxidation sites excluding steroid dienone is 15. The van der Waals surface area contributed by atoms with Crippen molar-refractivity contribution < 1.29 is 15.0 Å². The van der Waals surface area contributed by atoms with Gasteiger partial charge in [0.2, 0.25) is 5.91 Å². The Morgan fingerprint density at radius 3 is 1.30 bits per heavy atom. The summed E-state index contributed by atoms with van der Waals surface area (Å²) < 4.78 is 0. The number of amides is 1. The van der Waals surface area contributed by atoms with Gasteiger partial charge < -0.3 is 15.5 Å². The van der Waals surface area contributed by atoms with Crippen molar-refractivity contribution in [3.05, 3.63) is 97.2 Å². The lowest BCUT2D eigenvalue weighted by Gasteiger charge is -2.19. The van der Waals surface area contributed by atoms with E-state index in [1.165, 1.54) is 96.3 Å². The Kier molecular flexibility index (Phi) is 42.5. The van der Waals surface area contributed by atoms with Crippen LogP contribution in [0.25, 0.3) is 0 Å². The third-order valence-corrected chi connectivity index (χ3v) is 9.53. The maximum atomic E-state index is 12.4. The number of aliphatic hydroxyl groups excluding tert-OH is 2. The number of carbonyl (C=O) groups is 1. The van der Waals surface area contributed by atoms with E-state index in [-0.39, 0.29) is 12.5 Å². The van der Waals surface area contributed by atoms with Crippen LogP contribution in [0.2, 0.25) is 0 Å². The van der Waals surface area contributed by atoms with Gasteiger partial charge in [-0.2, -0.15) is 0 Å². The summed E-state index contributed by atoms with van der Waals surface area (Å²) in [4.78, 5) is 12.4. The predicted molar refractivity (Wildman–Crippen MR) is 239 cm³/mol. The summed E-state index contributed by atoms with van der Waals surface area (Å²) in [6.45, 7) is 4.16. The van der Waals surface area contributed by atoms with Gasteiger partial charge in [0.1, 0.15) is 0 Å². The second-order valence-corrected chi connectivity index (χ2v) is 14.7. The Morgan fingerprint density at radius 2 is 0.833 bits per heavy atom. The van der Waals surface area contributed by atoms with E-state index in [0.717, 1.165) is 77.0 Å². The van der Waals surface area contributed by atoms with Gasteiger partial charge in [-0.05, 0) is 89.9 Å². The first-order valence-corrected chi connectivity index (χ1v) is 22.5. The third kappa shape index (κ3) is 40.5. The van der Waals surface area contributed by atoms with Crippen molar-refractivity contribution in [3.63, 3.8) is 0 Å². The van der Waals surface area contributed by atoms with Gasteiger partial charge in [0.25, 0.3) is 0 Å². The highest BCUT2D eigenvalue weighted by Crippen LogP contribution is 2.13. The Labute approximate surface area is 334 Å². The number of hydrogen-bond acceptors (Lipinski definition) is 3. The van der Waals surface area contributed by atoms with Gasteiger partial charge in [-0.25, -0.2) is 0 Å². The first-order chi connectivity index (χ1) is 26.7. The molecule has 2 atom stereocenters. The van der Waals surface area contributed by atoms with Crippen molar-refractivity contribution in [2.75, 3.05) is 6.61 Å². The molecule has 0 aromatic rings. The van der Waals surface area contributed by atoms with E-state index in [1.807, 2.05) is 6.08 Å². The Hall–Kier alpha value is -2.69. The molecule has 0 heterocycles. The summed E-state index contributed by atoms with van der Waals surface area (Å²) in [5.41, 5.74) is 0. The van der Waals surface area contributed by atoms with E-state index >= 15 is 0 Å². The van der Waals surface area contributed by atoms with Gasteiger partial charge in [-0.15, -0.1) is 0 Å². The van der Waals surface area contributed by atoms with Crippen molar-refractivity contribution in [2.45, 2.75) is 206 Å². The molecule has 0 saturated heterocycles. The lowest BCUT2D eigenvalue weighted by molar-refractivity contribution is -0.123. The standard InChI is InChI=1S/C50H85NO3/c1-3-5-7-9-11-13-15-17-19-21-22-23-24-25-26-27-28-30-32-34-36-38-40-42-44-46-50(54)51-48(47-52)49(53)45-43-41-39-37-35-33-31-29-20-18-16-14-12-10-8-6-4-2/h5,7,11,13,17,19-20,22-23,25-26,29,35,37,43,45,48-49,52-53H,3-4,6,8-10,12,14-16,18,21,24,27-28,30-34,36,38-42,44,46-47H2,1-2H3,(H,51,54)/b7-5-,13-11-,19-17-,23-22-,26-25-,29-20+,37-35+,45-43+. The highest BCUT2D eigenvalue weighted by atomic mass is 16.3. The smallest absolute Gasteiger partial charge is 0.220 e. The summed E-state index contributed by atoms with van der Waals surface area (Å²) in [7, 11) is 0. The van der Waals surface area contributed by atoms with Crippen LogP contribution < -0.4 is 5.32 Å². The minimum Gasteiger partial charge on any atom is -0.394 e. The summed E-state index contributed by atoms with van der Waals surface area (Å²) in [6.07, 6.45) is 66.5. The van der Waals surface area contributed by atoms with Crippen molar-refractivity contribution in [2.24, 2.45) is 0 Å². The van der Waals surface area contributed by atoms with Crippen LogP contribution in [0.4, 0.5) is 0 Å².